The maximum atomic E-state index is 13.5. The monoisotopic (exact) mass is 543 g/mol. The van der Waals surface area contributed by atoms with Crippen molar-refractivity contribution in [3.63, 3.8) is 0 Å². The molecule has 1 heterocycles. The van der Waals surface area contributed by atoms with E-state index in [1.807, 2.05) is 62.4 Å². The summed E-state index contributed by atoms with van der Waals surface area (Å²) in [4.78, 5) is 28.4. The maximum Gasteiger partial charge on any atom is 0.295 e. The number of Topliss-reactive ketones (excluding diaryl/α,β-unsaturated/α-hetero) is 1. The van der Waals surface area contributed by atoms with E-state index in [0.717, 1.165) is 24.8 Å². The van der Waals surface area contributed by atoms with Gasteiger partial charge in [0.1, 0.15) is 23.0 Å². The van der Waals surface area contributed by atoms with Gasteiger partial charge in [0.25, 0.3) is 11.7 Å². The average Bonchev–Trinajstić information content (AvgIpc) is 3.20. The van der Waals surface area contributed by atoms with E-state index in [4.69, 9.17) is 14.2 Å². The van der Waals surface area contributed by atoms with Gasteiger partial charge in [0, 0.05) is 12.1 Å². The van der Waals surface area contributed by atoms with E-state index in [1.165, 1.54) is 4.90 Å². The van der Waals surface area contributed by atoms with Crippen LogP contribution in [-0.4, -0.2) is 41.5 Å². The van der Waals surface area contributed by atoms with E-state index in [-0.39, 0.29) is 24.0 Å². The molecular weight excluding hydrogens is 506 g/mol. The molecule has 1 N–H and O–H groups in total. The van der Waals surface area contributed by atoms with E-state index in [9.17, 15) is 14.7 Å². The summed E-state index contributed by atoms with van der Waals surface area (Å²) >= 11 is 0. The van der Waals surface area contributed by atoms with Crippen LogP contribution >= 0.6 is 0 Å². The van der Waals surface area contributed by atoms with Crippen LogP contribution in [0.15, 0.2) is 78.4 Å². The first-order valence-electron chi connectivity index (χ1n) is 13.7. The highest BCUT2D eigenvalue weighted by Gasteiger charge is 2.46. The fourth-order valence-electron chi connectivity index (χ4n) is 4.79. The molecular formula is C33H37NO6. The fourth-order valence-corrected chi connectivity index (χ4v) is 4.79. The summed E-state index contributed by atoms with van der Waals surface area (Å²) in [5.41, 5.74) is 1.93. The predicted octanol–water partition coefficient (Wildman–Crippen LogP) is 6.67. The average molecular weight is 544 g/mol. The summed E-state index contributed by atoms with van der Waals surface area (Å²) in [6.07, 6.45) is 3.12. The molecule has 40 heavy (non-hydrogen) atoms. The van der Waals surface area contributed by atoms with Gasteiger partial charge in [-0.15, -0.1) is 0 Å². The third-order valence-electron chi connectivity index (χ3n) is 6.72. The van der Waals surface area contributed by atoms with Gasteiger partial charge in [0.15, 0.2) is 0 Å². The molecule has 0 bridgehead atoms. The third-order valence-corrected chi connectivity index (χ3v) is 6.72. The number of aliphatic hydroxyl groups is 1. The zero-order valence-electron chi connectivity index (χ0n) is 23.6. The van der Waals surface area contributed by atoms with Crippen molar-refractivity contribution >= 4 is 17.4 Å². The summed E-state index contributed by atoms with van der Waals surface area (Å²) in [6, 6.07) is 20.8. The third kappa shape index (κ3) is 6.65. The highest BCUT2D eigenvalue weighted by molar-refractivity contribution is 6.46. The van der Waals surface area contributed by atoms with Crippen molar-refractivity contribution in [2.24, 2.45) is 0 Å². The number of carbonyl (C=O) groups excluding carboxylic acids is 2. The summed E-state index contributed by atoms with van der Waals surface area (Å²) < 4.78 is 17.0. The molecule has 1 fully saturated rings. The molecule has 1 aliphatic heterocycles. The fraction of sp³-hybridized carbons (Fsp3) is 0.333. The number of nitrogens with zero attached hydrogens (tertiary/aromatic N) is 1. The zero-order chi connectivity index (χ0) is 28.6. The largest absolute Gasteiger partial charge is 0.507 e. The molecule has 1 saturated heterocycles. The Labute approximate surface area is 236 Å². The molecule has 4 rings (SSSR count). The lowest BCUT2D eigenvalue weighted by atomic mass is 9.95. The summed E-state index contributed by atoms with van der Waals surface area (Å²) in [7, 11) is 1.58. The van der Waals surface area contributed by atoms with Crippen molar-refractivity contribution in [1.82, 2.24) is 4.90 Å². The molecule has 1 amide bonds. The lowest BCUT2D eigenvalue weighted by molar-refractivity contribution is -0.140. The predicted molar refractivity (Wildman–Crippen MR) is 155 cm³/mol. The lowest BCUT2D eigenvalue weighted by Gasteiger charge is -2.26. The summed E-state index contributed by atoms with van der Waals surface area (Å²) in [5.74, 6) is 0.297. The first-order chi connectivity index (χ1) is 19.3. The van der Waals surface area contributed by atoms with Gasteiger partial charge in [-0.2, -0.15) is 0 Å². The number of methoxy groups -OCH3 is 1. The van der Waals surface area contributed by atoms with Crippen molar-refractivity contribution < 1.29 is 28.9 Å². The Balaban J connectivity index is 1.74. The maximum absolute atomic E-state index is 13.5. The number of likely N-dealkylation sites (tertiary alicyclic amines) is 1. The molecule has 3 aromatic carbocycles. The van der Waals surface area contributed by atoms with Crippen LogP contribution < -0.4 is 14.2 Å². The Kier molecular flexibility index (Phi) is 9.48. The smallest absolute Gasteiger partial charge is 0.295 e. The zero-order valence-corrected chi connectivity index (χ0v) is 23.6. The number of unbranched alkanes of at least 4 members (excludes halogenated alkanes) is 2. The quantitative estimate of drug-likeness (QED) is 0.119. The first-order valence-corrected chi connectivity index (χ1v) is 13.7. The van der Waals surface area contributed by atoms with Gasteiger partial charge < -0.3 is 24.2 Å². The van der Waals surface area contributed by atoms with Crippen LogP contribution in [0.1, 0.15) is 62.8 Å². The molecule has 7 heteroatoms. The van der Waals surface area contributed by atoms with Crippen LogP contribution in [-0.2, 0) is 16.1 Å². The Morgan fingerprint density at radius 1 is 0.925 bits per heavy atom. The van der Waals surface area contributed by atoms with Crippen LogP contribution in [0.25, 0.3) is 5.76 Å². The van der Waals surface area contributed by atoms with Crippen LogP contribution in [0.2, 0.25) is 0 Å². The van der Waals surface area contributed by atoms with Crippen LogP contribution in [0.3, 0.4) is 0 Å². The van der Waals surface area contributed by atoms with Gasteiger partial charge in [0.05, 0.1) is 31.4 Å². The Morgan fingerprint density at radius 2 is 1.65 bits per heavy atom. The highest BCUT2D eigenvalue weighted by atomic mass is 16.5. The molecule has 0 radical (unpaired) electrons. The molecule has 0 spiro atoms. The number of ketones is 1. The van der Waals surface area contributed by atoms with E-state index in [0.29, 0.717) is 35.0 Å². The minimum Gasteiger partial charge on any atom is -0.507 e. The second-order valence-electron chi connectivity index (χ2n) is 10.1. The van der Waals surface area contributed by atoms with E-state index < -0.39 is 17.7 Å². The molecule has 1 unspecified atom stereocenters. The number of carbonyl (C=O) groups is 2. The molecule has 1 atom stereocenters. The number of hydrogen-bond acceptors (Lipinski definition) is 6. The van der Waals surface area contributed by atoms with Crippen molar-refractivity contribution in [2.45, 2.75) is 58.7 Å². The van der Waals surface area contributed by atoms with Crippen molar-refractivity contribution in [2.75, 3.05) is 13.7 Å². The van der Waals surface area contributed by atoms with Gasteiger partial charge in [-0.05, 0) is 79.9 Å². The topological polar surface area (TPSA) is 85.3 Å². The molecule has 0 saturated carbocycles. The van der Waals surface area contributed by atoms with E-state index >= 15 is 0 Å². The number of amides is 1. The Hall–Kier alpha value is -4.26. The normalized spacial score (nSPS) is 16.4. The molecule has 210 valence electrons. The van der Waals surface area contributed by atoms with Gasteiger partial charge in [-0.1, -0.05) is 44.0 Å². The standard InChI is InChI=1S/C33H37NO6/c1-5-6-7-18-39-26-16-14-24(15-17-26)31(35)29-30(25-11-9-13-28(20-25)40-22(2)3)34(33(37)32(29)36)21-23-10-8-12-27(19-23)38-4/h8-17,19-20,22,30,35H,5-7,18,21H2,1-4H3/b31-29-. The second kappa shape index (κ2) is 13.2. The molecule has 0 aromatic heterocycles. The summed E-state index contributed by atoms with van der Waals surface area (Å²) in [6.45, 7) is 6.77. The number of aliphatic hydroxyl groups excluding tert-OH is 1. The highest BCUT2D eigenvalue weighted by Crippen LogP contribution is 2.41. The number of rotatable bonds is 12. The molecule has 0 aliphatic carbocycles. The minimum absolute atomic E-state index is 0.0335. The van der Waals surface area contributed by atoms with Crippen molar-refractivity contribution in [1.29, 1.82) is 0 Å². The van der Waals surface area contributed by atoms with Gasteiger partial charge in [-0.25, -0.2) is 0 Å². The Bertz CT molecular complexity index is 1360. The first kappa shape index (κ1) is 28.7. The SMILES string of the molecule is CCCCCOc1ccc(/C(O)=C2/C(=O)C(=O)N(Cc3cccc(OC)c3)C2c2cccc(OC(C)C)c2)cc1. The van der Waals surface area contributed by atoms with E-state index in [1.54, 1.807) is 31.4 Å². The van der Waals surface area contributed by atoms with Crippen LogP contribution in [0, 0.1) is 0 Å². The summed E-state index contributed by atoms with van der Waals surface area (Å²) in [5, 5.41) is 11.4. The number of ether oxygens (including phenoxy) is 3. The Morgan fingerprint density at radius 3 is 2.35 bits per heavy atom. The lowest BCUT2D eigenvalue weighted by Crippen LogP contribution is -2.29. The second-order valence-corrected chi connectivity index (χ2v) is 10.1. The van der Waals surface area contributed by atoms with Crippen LogP contribution in [0.4, 0.5) is 0 Å². The van der Waals surface area contributed by atoms with Crippen molar-refractivity contribution in [3.8, 4) is 17.2 Å². The van der Waals surface area contributed by atoms with Gasteiger partial charge in [0.2, 0.25) is 0 Å². The minimum atomic E-state index is -0.813. The number of benzene rings is 3. The molecule has 3 aromatic rings. The van der Waals surface area contributed by atoms with Gasteiger partial charge in [-0.3, -0.25) is 9.59 Å². The van der Waals surface area contributed by atoms with Gasteiger partial charge >= 0.3 is 0 Å². The van der Waals surface area contributed by atoms with E-state index in [2.05, 4.69) is 6.92 Å². The molecule has 1 aliphatic rings. The molecule has 7 nitrogen and oxygen atoms in total. The van der Waals surface area contributed by atoms with Crippen molar-refractivity contribution in [3.05, 3.63) is 95.1 Å². The van der Waals surface area contributed by atoms with Crippen LogP contribution in [0.5, 0.6) is 17.2 Å². The number of hydrogen-bond donors (Lipinski definition) is 1.